The lowest BCUT2D eigenvalue weighted by atomic mass is 9.53. The molecule has 2 aliphatic rings. The third-order valence-electron chi connectivity index (χ3n) is 7.70. The van der Waals surface area contributed by atoms with E-state index >= 15 is 0 Å². The van der Waals surface area contributed by atoms with Gasteiger partial charge in [-0.05, 0) is 94.4 Å². The molecular weight excluding hydrogens is 410 g/mol. The second-order valence-electron chi connectivity index (χ2n) is 10.2. The molecule has 1 saturated carbocycles. The van der Waals surface area contributed by atoms with E-state index in [4.69, 9.17) is 9.47 Å². The Morgan fingerprint density at radius 2 is 1.82 bits per heavy atom. The first-order valence-electron chi connectivity index (χ1n) is 12.6. The summed E-state index contributed by atoms with van der Waals surface area (Å²) < 4.78 is 12.7. The monoisotopic (exact) mass is 449 g/mol. The Balaban J connectivity index is 1.71. The largest absolute Gasteiger partial charge is 0.489 e. The van der Waals surface area contributed by atoms with Crippen LogP contribution in [0, 0.1) is 0 Å². The van der Waals surface area contributed by atoms with Gasteiger partial charge in [0.15, 0.2) is 0 Å². The molecule has 0 bridgehead atoms. The standard InChI is InChI=1S/C29H39NO3/c1-4-10-27(31)33-29-17-9-8-16-28(29,19-20-30(2)3)26-21-25(14-13-24(26)15-18-29)32-22-23-11-6-5-7-12-23/h5-7,11-14,21H,4,8-10,15-20,22H2,1-3H3. The van der Waals surface area contributed by atoms with Gasteiger partial charge in [-0.3, -0.25) is 4.79 Å². The number of hydrogen-bond donors (Lipinski definition) is 0. The van der Waals surface area contributed by atoms with Crippen LogP contribution in [0.15, 0.2) is 48.5 Å². The molecule has 1 fully saturated rings. The topological polar surface area (TPSA) is 38.8 Å². The number of esters is 1. The van der Waals surface area contributed by atoms with Crippen molar-refractivity contribution < 1.29 is 14.3 Å². The zero-order valence-corrected chi connectivity index (χ0v) is 20.6. The van der Waals surface area contributed by atoms with E-state index in [1.807, 2.05) is 25.1 Å². The molecule has 0 radical (unpaired) electrons. The Morgan fingerprint density at radius 3 is 2.58 bits per heavy atom. The van der Waals surface area contributed by atoms with Crippen LogP contribution < -0.4 is 4.74 Å². The van der Waals surface area contributed by atoms with Crippen LogP contribution >= 0.6 is 0 Å². The van der Waals surface area contributed by atoms with E-state index in [1.54, 1.807) is 0 Å². The normalized spacial score (nSPS) is 24.1. The van der Waals surface area contributed by atoms with Crippen LogP contribution in [0.3, 0.4) is 0 Å². The van der Waals surface area contributed by atoms with E-state index in [-0.39, 0.29) is 11.4 Å². The van der Waals surface area contributed by atoms with Crippen molar-refractivity contribution in [2.45, 2.75) is 82.3 Å². The number of hydrogen-bond acceptors (Lipinski definition) is 4. The molecule has 33 heavy (non-hydrogen) atoms. The van der Waals surface area contributed by atoms with Gasteiger partial charge in [0, 0.05) is 11.8 Å². The van der Waals surface area contributed by atoms with Gasteiger partial charge in [0.1, 0.15) is 18.0 Å². The summed E-state index contributed by atoms with van der Waals surface area (Å²) in [5.74, 6) is 0.872. The third-order valence-corrected chi connectivity index (χ3v) is 7.70. The Morgan fingerprint density at radius 1 is 1.03 bits per heavy atom. The molecule has 178 valence electrons. The Labute approximate surface area is 199 Å². The van der Waals surface area contributed by atoms with Crippen molar-refractivity contribution >= 4 is 5.97 Å². The lowest BCUT2D eigenvalue weighted by Crippen LogP contribution is -2.59. The second kappa shape index (κ2) is 10.3. The van der Waals surface area contributed by atoms with Crippen molar-refractivity contribution in [2.75, 3.05) is 20.6 Å². The second-order valence-corrected chi connectivity index (χ2v) is 10.2. The predicted octanol–water partition coefficient (Wildman–Crippen LogP) is 6.06. The lowest BCUT2D eigenvalue weighted by molar-refractivity contribution is -0.179. The first-order valence-corrected chi connectivity index (χ1v) is 12.6. The van der Waals surface area contributed by atoms with Crippen LogP contribution in [0.1, 0.15) is 75.0 Å². The number of fused-ring (bicyclic) bond motifs is 3. The van der Waals surface area contributed by atoms with Crippen molar-refractivity contribution in [3.63, 3.8) is 0 Å². The molecule has 0 heterocycles. The number of benzene rings is 2. The average Bonchev–Trinajstić information content (AvgIpc) is 2.82. The highest BCUT2D eigenvalue weighted by Crippen LogP contribution is 2.57. The summed E-state index contributed by atoms with van der Waals surface area (Å²) in [5.41, 5.74) is 3.35. The number of aryl methyl sites for hydroxylation is 1. The zero-order chi connectivity index (χ0) is 23.3. The van der Waals surface area contributed by atoms with Crippen LogP contribution in [0.4, 0.5) is 0 Å². The first-order chi connectivity index (χ1) is 16.0. The molecule has 0 saturated heterocycles. The van der Waals surface area contributed by atoms with E-state index in [1.165, 1.54) is 17.5 Å². The minimum absolute atomic E-state index is 0.0337. The van der Waals surface area contributed by atoms with Crippen molar-refractivity contribution in [3.05, 3.63) is 65.2 Å². The molecular formula is C29H39NO3. The van der Waals surface area contributed by atoms with Gasteiger partial charge < -0.3 is 14.4 Å². The van der Waals surface area contributed by atoms with E-state index < -0.39 is 5.60 Å². The van der Waals surface area contributed by atoms with Crippen LogP contribution in [-0.4, -0.2) is 37.1 Å². The number of nitrogens with zero attached hydrogens (tertiary/aromatic N) is 1. The molecule has 4 heteroatoms. The maximum atomic E-state index is 12.8. The highest BCUT2D eigenvalue weighted by molar-refractivity contribution is 5.70. The van der Waals surface area contributed by atoms with Gasteiger partial charge in [0.05, 0.1) is 0 Å². The molecule has 4 rings (SSSR count). The molecule has 0 N–H and O–H groups in total. The molecule has 0 aromatic heterocycles. The summed E-state index contributed by atoms with van der Waals surface area (Å²) in [6.07, 6.45) is 8.53. The van der Waals surface area contributed by atoms with Gasteiger partial charge in [-0.25, -0.2) is 0 Å². The Hall–Kier alpha value is -2.33. The lowest BCUT2D eigenvalue weighted by Gasteiger charge is -2.56. The number of ether oxygens (including phenoxy) is 2. The van der Waals surface area contributed by atoms with Gasteiger partial charge in [-0.15, -0.1) is 0 Å². The molecule has 2 unspecified atom stereocenters. The minimum Gasteiger partial charge on any atom is -0.489 e. The average molecular weight is 450 g/mol. The highest BCUT2D eigenvalue weighted by Gasteiger charge is 2.58. The molecule has 2 aromatic carbocycles. The van der Waals surface area contributed by atoms with Crippen molar-refractivity contribution in [1.29, 1.82) is 0 Å². The van der Waals surface area contributed by atoms with Crippen LogP contribution in [0.25, 0.3) is 0 Å². The fourth-order valence-corrected chi connectivity index (χ4v) is 6.01. The Bertz CT molecular complexity index is 941. The summed E-state index contributed by atoms with van der Waals surface area (Å²) >= 11 is 0. The van der Waals surface area contributed by atoms with Gasteiger partial charge in [-0.2, -0.15) is 0 Å². The van der Waals surface area contributed by atoms with E-state index in [2.05, 4.69) is 49.3 Å². The van der Waals surface area contributed by atoms with Gasteiger partial charge in [0.2, 0.25) is 0 Å². The minimum atomic E-state index is -0.404. The number of carbonyl (C=O) groups excluding carboxylic acids is 1. The summed E-state index contributed by atoms with van der Waals surface area (Å²) in [4.78, 5) is 15.1. The van der Waals surface area contributed by atoms with Crippen LogP contribution in [-0.2, 0) is 28.0 Å². The van der Waals surface area contributed by atoms with Gasteiger partial charge in [-0.1, -0.05) is 49.7 Å². The van der Waals surface area contributed by atoms with E-state index in [9.17, 15) is 4.79 Å². The van der Waals surface area contributed by atoms with Gasteiger partial charge in [0.25, 0.3) is 0 Å². The maximum Gasteiger partial charge on any atom is 0.306 e. The van der Waals surface area contributed by atoms with Crippen molar-refractivity contribution in [3.8, 4) is 5.75 Å². The molecule has 2 aromatic rings. The summed E-state index contributed by atoms with van der Waals surface area (Å²) in [6, 6.07) is 16.9. The molecule has 2 atom stereocenters. The maximum absolute atomic E-state index is 12.8. The number of rotatable bonds is 9. The fourth-order valence-electron chi connectivity index (χ4n) is 6.01. The van der Waals surface area contributed by atoms with Crippen molar-refractivity contribution in [2.24, 2.45) is 0 Å². The van der Waals surface area contributed by atoms with E-state index in [0.717, 1.165) is 62.8 Å². The Kier molecular flexibility index (Phi) is 7.43. The summed E-state index contributed by atoms with van der Waals surface area (Å²) in [6.45, 7) is 3.58. The highest BCUT2D eigenvalue weighted by atomic mass is 16.6. The van der Waals surface area contributed by atoms with E-state index in [0.29, 0.717) is 13.0 Å². The molecule has 0 amide bonds. The van der Waals surface area contributed by atoms with Crippen LogP contribution in [0.2, 0.25) is 0 Å². The van der Waals surface area contributed by atoms with Crippen LogP contribution in [0.5, 0.6) is 5.75 Å². The number of carbonyl (C=O) groups is 1. The van der Waals surface area contributed by atoms with Gasteiger partial charge >= 0.3 is 5.97 Å². The van der Waals surface area contributed by atoms with Crippen molar-refractivity contribution in [1.82, 2.24) is 4.90 Å². The SMILES string of the molecule is CCCC(=O)OC12CCCCC1(CCN(C)C)c1cc(OCc3ccccc3)ccc1CC2. The summed E-state index contributed by atoms with van der Waals surface area (Å²) in [7, 11) is 4.26. The quantitative estimate of drug-likeness (QED) is 0.436. The third kappa shape index (κ3) is 4.96. The molecule has 0 aliphatic heterocycles. The first kappa shape index (κ1) is 23.8. The smallest absolute Gasteiger partial charge is 0.306 e. The molecule has 0 spiro atoms. The summed E-state index contributed by atoms with van der Waals surface area (Å²) in [5, 5.41) is 0. The molecule has 2 aliphatic carbocycles. The fraction of sp³-hybridized carbons (Fsp3) is 0.552. The zero-order valence-electron chi connectivity index (χ0n) is 20.6. The predicted molar refractivity (Wildman–Crippen MR) is 133 cm³/mol. The molecule has 4 nitrogen and oxygen atoms in total.